The number of methoxy groups -OCH3 is 2. The molecule has 0 fully saturated rings. The molecule has 0 saturated heterocycles. The number of nitrogens with zero attached hydrogens (tertiary/aromatic N) is 1. The van der Waals surface area contributed by atoms with Crippen LogP contribution in [0.25, 0.3) is 0 Å². The average Bonchev–Trinajstić information content (AvgIpc) is 2.48. The van der Waals surface area contributed by atoms with Crippen molar-refractivity contribution in [1.29, 1.82) is 0 Å². The van der Waals surface area contributed by atoms with Gasteiger partial charge in [-0.2, -0.15) is 0 Å². The molecular formula is C16H28N2O3. The highest BCUT2D eigenvalue weighted by molar-refractivity contribution is 5.42. The molecule has 120 valence electrons. The van der Waals surface area contributed by atoms with Crippen molar-refractivity contribution in [3.05, 3.63) is 23.8 Å². The van der Waals surface area contributed by atoms with Gasteiger partial charge in [0.2, 0.25) is 0 Å². The van der Waals surface area contributed by atoms with Crippen LogP contribution in [0.5, 0.6) is 11.5 Å². The van der Waals surface area contributed by atoms with Gasteiger partial charge in [-0.15, -0.1) is 0 Å². The Morgan fingerprint density at radius 2 is 1.90 bits per heavy atom. The Hall–Kier alpha value is -1.30. The maximum absolute atomic E-state index is 5.78. The third kappa shape index (κ3) is 7.32. The Labute approximate surface area is 128 Å². The standard InChI is InChI=1S/C16H28N2O3/c1-18(2)9-5-10-21-15-7-6-14(12-16(15)20-4)13-17-8-11-19-3/h6-7,12,17H,5,8-11,13H2,1-4H3. The maximum atomic E-state index is 5.78. The van der Waals surface area contributed by atoms with Gasteiger partial charge in [-0.3, -0.25) is 0 Å². The predicted octanol–water partition coefficient (Wildman–Crippen LogP) is 1.76. The van der Waals surface area contributed by atoms with Crippen LogP contribution in [0.4, 0.5) is 0 Å². The fourth-order valence-corrected chi connectivity index (χ4v) is 1.91. The third-order valence-electron chi connectivity index (χ3n) is 3.05. The first kappa shape index (κ1) is 17.8. The highest BCUT2D eigenvalue weighted by Crippen LogP contribution is 2.28. The molecule has 0 aromatic heterocycles. The number of rotatable bonds is 11. The minimum absolute atomic E-state index is 0.694. The van der Waals surface area contributed by atoms with Crippen LogP contribution in [0.2, 0.25) is 0 Å². The third-order valence-corrected chi connectivity index (χ3v) is 3.05. The molecule has 1 rings (SSSR count). The minimum Gasteiger partial charge on any atom is -0.493 e. The van der Waals surface area contributed by atoms with E-state index in [2.05, 4.69) is 30.4 Å². The van der Waals surface area contributed by atoms with Gasteiger partial charge in [-0.25, -0.2) is 0 Å². The Morgan fingerprint density at radius 3 is 2.57 bits per heavy atom. The first-order chi connectivity index (χ1) is 10.2. The summed E-state index contributed by atoms with van der Waals surface area (Å²) in [5.74, 6) is 1.59. The molecule has 1 N–H and O–H groups in total. The number of benzene rings is 1. The Balaban J connectivity index is 2.46. The lowest BCUT2D eigenvalue weighted by atomic mass is 10.2. The van der Waals surface area contributed by atoms with E-state index in [0.717, 1.165) is 37.6 Å². The van der Waals surface area contributed by atoms with Crippen LogP contribution in [0.15, 0.2) is 18.2 Å². The summed E-state index contributed by atoms with van der Waals surface area (Å²) in [5.41, 5.74) is 1.17. The van der Waals surface area contributed by atoms with Crippen molar-refractivity contribution in [2.75, 3.05) is 54.6 Å². The number of hydrogen-bond donors (Lipinski definition) is 1. The summed E-state index contributed by atoms with van der Waals surface area (Å²) in [6, 6.07) is 6.05. The molecular weight excluding hydrogens is 268 g/mol. The van der Waals surface area contributed by atoms with E-state index in [0.29, 0.717) is 13.2 Å². The van der Waals surface area contributed by atoms with Gasteiger partial charge in [0.05, 0.1) is 20.3 Å². The van der Waals surface area contributed by atoms with Crippen LogP contribution in [-0.4, -0.2) is 59.5 Å². The molecule has 0 atom stereocenters. The number of hydrogen-bond acceptors (Lipinski definition) is 5. The van der Waals surface area contributed by atoms with Gasteiger partial charge >= 0.3 is 0 Å². The smallest absolute Gasteiger partial charge is 0.161 e. The van der Waals surface area contributed by atoms with E-state index in [1.165, 1.54) is 5.56 Å². The van der Waals surface area contributed by atoms with E-state index in [9.17, 15) is 0 Å². The number of ether oxygens (including phenoxy) is 3. The van der Waals surface area contributed by atoms with Gasteiger partial charge in [0, 0.05) is 26.7 Å². The molecule has 5 heteroatoms. The highest BCUT2D eigenvalue weighted by Gasteiger charge is 2.06. The Kier molecular flexibility index (Phi) is 8.82. The number of nitrogens with one attached hydrogen (secondary N) is 1. The molecule has 0 amide bonds. The summed E-state index contributed by atoms with van der Waals surface area (Å²) in [6.45, 7) is 4.05. The van der Waals surface area contributed by atoms with E-state index in [4.69, 9.17) is 14.2 Å². The summed E-state index contributed by atoms with van der Waals surface area (Å²) in [4.78, 5) is 2.15. The van der Waals surface area contributed by atoms with Crippen molar-refractivity contribution in [3.63, 3.8) is 0 Å². The first-order valence-electron chi connectivity index (χ1n) is 7.31. The van der Waals surface area contributed by atoms with Crippen LogP contribution in [0.1, 0.15) is 12.0 Å². The lowest BCUT2D eigenvalue weighted by molar-refractivity contribution is 0.199. The van der Waals surface area contributed by atoms with Crippen molar-refractivity contribution in [1.82, 2.24) is 10.2 Å². The van der Waals surface area contributed by atoms with Crippen LogP contribution in [0.3, 0.4) is 0 Å². The van der Waals surface area contributed by atoms with E-state index in [1.807, 2.05) is 12.1 Å². The largest absolute Gasteiger partial charge is 0.493 e. The van der Waals surface area contributed by atoms with Gasteiger partial charge in [0.25, 0.3) is 0 Å². The maximum Gasteiger partial charge on any atom is 0.161 e. The van der Waals surface area contributed by atoms with Crippen molar-refractivity contribution >= 4 is 0 Å². The van der Waals surface area contributed by atoms with Crippen LogP contribution in [-0.2, 0) is 11.3 Å². The summed E-state index contributed by atoms with van der Waals surface area (Å²) < 4.78 is 16.2. The molecule has 1 aromatic carbocycles. The second-order valence-electron chi connectivity index (χ2n) is 5.16. The van der Waals surface area contributed by atoms with Gasteiger partial charge in [-0.05, 0) is 38.2 Å². The zero-order chi connectivity index (χ0) is 15.5. The van der Waals surface area contributed by atoms with Crippen molar-refractivity contribution in [3.8, 4) is 11.5 Å². The predicted molar refractivity (Wildman–Crippen MR) is 85.2 cm³/mol. The van der Waals surface area contributed by atoms with Gasteiger partial charge in [0.15, 0.2) is 11.5 Å². The molecule has 0 heterocycles. The first-order valence-corrected chi connectivity index (χ1v) is 7.31. The molecule has 0 spiro atoms. The zero-order valence-corrected chi connectivity index (χ0v) is 13.6. The molecule has 1 aromatic rings. The van der Waals surface area contributed by atoms with Crippen LogP contribution < -0.4 is 14.8 Å². The van der Waals surface area contributed by atoms with Crippen LogP contribution >= 0.6 is 0 Å². The lowest BCUT2D eigenvalue weighted by Crippen LogP contribution is -2.18. The summed E-state index contributed by atoms with van der Waals surface area (Å²) in [6.07, 6.45) is 0.997. The monoisotopic (exact) mass is 296 g/mol. The lowest BCUT2D eigenvalue weighted by Gasteiger charge is -2.14. The van der Waals surface area contributed by atoms with E-state index < -0.39 is 0 Å². The van der Waals surface area contributed by atoms with Crippen molar-refractivity contribution in [2.24, 2.45) is 0 Å². The fraction of sp³-hybridized carbons (Fsp3) is 0.625. The van der Waals surface area contributed by atoms with Crippen molar-refractivity contribution in [2.45, 2.75) is 13.0 Å². The Bertz CT molecular complexity index is 397. The minimum atomic E-state index is 0.694. The fourth-order valence-electron chi connectivity index (χ4n) is 1.91. The highest BCUT2D eigenvalue weighted by atomic mass is 16.5. The second-order valence-corrected chi connectivity index (χ2v) is 5.16. The normalized spacial score (nSPS) is 10.9. The molecule has 0 aliphatic carbocycles. The zero-order valence-electron chi connectivity index (χ0n) is 13.6. The SMILES string of the molecule is COCCNCc1ccc(OCCCN(C)C)c(OC)c1. The molecule has 0 aliphatic rings. The molecule has 21 heavy (non-hydrogen) atoms. The summed E-state index contributed by atoms with van der Waals surface area (Å²) in [7, 11) is 7.50. The summed E-state index contributed by atoms with van der Waals surface area (Å²) in [5, 5.41) is 3.31. The average molecular weight is 296 g/mol. The molecule has 0 unspecified atom stereocenters. The summed E-state index contributed by atoms with van der Waals surface area (Å²) >= 11 is 0. The molecule has 0 saturated carbocycles. The second kappa shape index (κ2) is 10.4. The molecule has 0 aliphatic heterocycles. The van der Waals surface area contributed by atoms with Crippen LogP contribution in [0, 0.1) is 0 Å². The van der Waals surface area contributed by atoms with E-state index in [1.54, 1.807) is 14.2 Å². The topological polar surface area (TPSA) is 43.0 Å². The Morgan fingerprint density at radius 1 is 1.10 bits per heavy atom. The van der Waals surface area contributed by atoms with Gasteiger partial charge in [-0.1, -0.05) is 6.07 Å². The van der Waals surface area contributed by atoms with Gasteiger partial charge in [0.1, 0.15) is 0 Å². The van der Waals surface area contributed by atoms with E-state index in [-0.39, 0.29) is 0 Å². The van der Waals surface area contributed by atoms with E-state index >= 15 is 0 Å². The molecule has 5 nitrogen and oxygen atoms in total. The molecule has 0 bridgehead atoms. The van der Waals surface area contributed by atoms with Crippen molar-refractivity contribution < 1.29 is 14.2 Å². The molecule has 0 radical (unpaired) electrons. The quantitative estimate of drug-likeness (QED) is 0.630. The van der Waals surface area contributed by atoms with Gasteiger partial charge < -0.3 is 24.4 Å².